The lowest BCUT2D eigenvalue weighted by Crippen LogP contribution is -2.75. The van der Waals surface area contributed by atoms with E-state index in [0.29, 0.717) is 19.6 Å². The predicted molar refractivity (Wildman–Crippen MR) is 103 cm³/mol. The molecular weight excluding hydrogens is 388 g/mol. The van der Waals surface area contributed by atoms with Crippen LogP contribution in [-0.2, 0) is 33.3 Å². The zero-order chi connectivity index (χ0) is 21.3. The quantitative estimate of drug-likeness (QED) is 0.395. The maximum Gasteiger partial charge on any atom is 0.334 e. The molecule has 0 amide bonds. The summed E-state index contributed by atoms with van der Waals surface area (Å²) in [6.45, 7) is 12.8. The molecule has 30 heavy (non-hydrogen) atoms. The minimum absolute atomic E-state index is 0.0341. The first kappa shape index (κ1) is 19.0. The monoisotopic (exact) mass is 416 g/mol. The molecular formula is C23H28O7. The van der Waals surface area contributed by atoms with E-state index < -0.39 is 28.9 Å². The zero-order valence-electron chi connectivity index (χ0n) is 17.9. The number of cyclic esters (lactones) is 1. The van der Waals surface area contributed by atoms with Gasteiger partial charge in [-0.05, 0) is 31.3 Å². The number of hydrogen-bond acceptors (Lipinski definition) is 7. The molecule has 7 nitrogen and oxygen atoms in total. The first-order chi connectivity index (χ1) is 14.2. The van der Waals surface area contributed by atoms with Gasteiger partial charge in [0.15, 0.2) is 6.10 Å². The first-order valence-corrected chi connectivity index (χ1v) is 10.9. The first-order valence-electron chi connectivity index (χ1n) is 10.9. The summed E-state index contributed by atoms with van der Waals surface area (Å²) in [6, 6.07) is 0. The average Bonchev–Trinajstić information content (AvgIpc) is 3.58. The lowest BCUT2D eigenvalue weighted by atomic mass is 9.49. The third-order valence-corrected chi connectivity index (χ3v) is 9.08. The van der Waals surface area contributed by atoms with Crippen molar-refractivity contribution in [3.05, 3.63) is 23.8 Å². The van der Waals surface area contributed by atoms with Crippen molar-refractivity contribution in [1.82, 2.24) is 0 Å². The summed E-state index contributed by atoms with van der Waals surface area (Å²) in [6.07, 6.45) is 1.81. The summed E-state index contributed by atoms with van der Waals surface area (Å²) in [4.78, 5) is 24.5. The molecule has 0 radical (unpaired) electrons. The van der Waals surface area contributed by atoms with Crippen molar-refractivity contribution in [2.75, 3.05) is 13.2 Å². The summed E-state index contributed by atoms with van der Waals surface area (Å²) >= 11 is 0. The van der Waals surface area contributed by atoms with Gasteiger partial charge in [0.05, 0.1) is 6.61 Å². The largest absolute Gasteiger partial charge is 0.458 e. The van der Waals surface area contributed by atoms with E-state index in [1.165, 1.54) is 6.08 Å². The molecule has 4 fully saturated rings. The number of carbonyl (C=O) groups excluding carboxylic acids is 2. The van der Waals surface area contributed by atoms with Crippen LogP contribution in [0, 0.1) is 17.3 Å². The number of hydrogen-bond donors (Lipinski definition) is 0. The number of carbonyl (C=O) groups is 2. The maximum atomic E-state index is 12.3. The van der Waals surface area contributed by atoms with Crippen LogP contribution in [0.2, 0.25) is 0 Å². The van der Waals surface area contributed by atoms with Crippen LogP contribution in [0.15, 0.2) is 23.8 Å². The second kappa shape index (κ2) is 5.37. The molecule has 4 aliphatic heterocycles. The SMILES string of the molecule is C=CC(=O)O[C@@H]1[C@@]2(C(C)C)O[C@H]2[C@@H]2O[C@@]23[C@@]2(C)CCC4=C(COC4=O)[C@@H]2CO[C@]13C. The molecule has 0 bridgehead atoms. The smallest absolute Gasteiger partial charge is 0.334 e. The molecule has 0 aromatic carbocycles. The Bertz CT molecular complexity index is 923. The van der Waals surface area contributed by atoms with Gasteiger partial charge >= 0.3 is 11.9 Å². The minimum Gasteiger partial charge on any atom is -0.458 e. The summed E-state index contributed by atoms with van der Waals surface area (Å²) in [5.74, 6) is -0.521. The van der Waals surface area contributed by atoms with Crippen LogP contribution in [0.25, 0.3) is 0 Å². The van der Waals surface area contributed by atoms with Gasteiger partial charge in [0.25, 0.3) is 0 Å². The fourth-order valence-electron chi connectivity index (χ4n) is 7.46. The van der Waals surface area contributed by atoms with Gasteiger partial charge in [0, 0.05) is 23.0 Å². The van der Waals surface area contributed by atoms with E-state index in [1.807, 2.05) is 6.92 Å². The van der Waals surface area contributed by atoms with Crippen LogP contribution >= 0.6 is 0 Å². The molecule has 7 heteroatoms. The van der Waals surface area contributed by atoms with E-state index in [0.717, 1.165) is 17.6 Å². The van der Waals surface area contributed by atoms with Gasteiger partial charge in [-0.25, -0.2) is 9.59 Å². The van der Waals surface area contributed by atoms with Crippen molar-refractivity contribution < 1.29 is 33.3 Å². The van der Waals surface area contributed by atoms with Gasteiger partial charge in [-0.2, -0.15) is 0 Å². The van der Waals surface area contributed by atoms with Crippen LogP contribution in [0.1, 0.15) is 40.5 Å². The maximum absolute atomic E-state index is 12.3. The molecule has 3 saturated heterocycles. The van der Waals surface area contributed by atoms with E-state index in [1.54, 1.807) is 0 Å². The molecule has 8 atom stereocenters. The van der Waals surface area contributed by atoms with Crippen LogP contribution < -0.4 is 0 Å². The third-order valence-electron chi connectivity index (χ3n) is 9.08. The molecule has 4 heterocycles. The molecule has 6 aliphatic rings. The molecule has 0 aromatic heterocycles. The summed E-state index contributed by atoms with van der Waals surface area (Å²) in [7, 11) is 0. The van der Waals surface area contributed by atoms with E-state index in [9.17, 15) is 9.59 Å². The Labute approximate surface area is 175 Å². The van der Waals surface area contributed by atoms with Crippen molar-refractivity contribution >= 4 is 11.9 Å². The Morgan fingerprint density at radius 1 is 1.27 bits per heavy atom. The van der Waals surface area contributed by atoms with E-state index in [4.69, 9.17) is 23.7 Å². The molecule has 6 rings (SSSR count). The van der Waals surface area contributed by atoms with Gasteiger partial charge in [-0.3, -0.25) is 0 Å². The van der Waals surface area contributed by atoms with Crippen LogP contribution in [0.5, 0.6) is 0 Å². The number of ether oxygens (including phenoxy) is 5. The van der Waals surface area contributed by atoms with Gasteiger partial charge in [0.2, 0.25) is 0 Å². The topological polar surface area (TPSA) is 86.9 Å². The van der Waals surface area contributed by atoms with E-state index >= 15 is 0 Å². The summed E-state index contributed by atoms with van der Waals surface area (Å²) in [5, 5.41) is 0. The van der Waals surface area contributed by atoms with Gasteiger partial charge < -0.3 is 23.7 Å². The normalized spacial score (nSPS) is 52.4. The predicted octanol–water partition coefficient (Wildman–Crippen LogP) is 2.09. The molecule has 0 unspecified atom stereocenters. The number of esters is 2. The highest BCUT2D eigenvalue weighted by Gasteiger charge is 2.94. The molecule has 0 aromatic rings. The van der Waals surface area contributed by atoms with Crippen molar-refractivity contribution in [3.8, 4) is 0 Å². The second-order valence-corrected chi connectivity index (χ2v) is 10.3. The number of rotatable bonds is 3. The Balaban J connectivity index is 1.47. The third kappa shape index (κ3) is 1.78. The molecule has 1 spiro atoms. The van der Waals surface area contributed by atoms with Crippen molar-refractivity contribution in [3.63, 3.8) is 0 Å². The lowest BCUT2D eigenvalue weighted by molar-refractivity contribution is -0.258. The van der Waals surface area contributed by atoms with E-state index in [2.05, 4.69) is 27.4 Å². The Hall–Kier alpha value is -1.70. The average molecular weight is 416 g/mol. The standard InChI is InChI=1S/C23H28O7/c1-6-15(24)28-19-21(5)23(17(30-23)16-22(19,29-16)11(2)3)20(4)8-7-12-13(9-26-18(12)25)14(20)10-27-21/h6,11,14,16-17,19H,1,7-10H2,2-5H3/t14-,16-,17-,19-,20-,21+,22-,23+/m0/s1. The molecule has 2 aliphatic carbocycles. The number of fused-ring (bicyclic) bond motifs is 4. The van der Waals surface area contributed by atoms with Crippen molar-refractivity contribution in [1.29, 1.82) is 0 Å². The van der Waals surface area contributed by atoms with Gasteiger partial charge in [0.1, 0.15) is 35.6 Å². The highest BCUT2D eigenvalue weighted by atomic mass is 16.7. The number of epoxide rings is 2. The fraction of sp³-hybridized carbons (Fsp3) is 0.739. The Morgan fingerprint density at radius 3 is 2.73 bits per heavy atom. The highest BCUT2D eigenvalue weighted by molar-refractivity contribution is 5.92. The summed E-state index contributed by atoms with van der Waals surface area (Å²) < 4.78 is 30.8. The molecule has 1 saturated carbocycles. The van der Waals surface area contributed by atoms with Gasteiger partial charge in [-0.15, -0.1) is 0 Å². The fourth-order valence-corrected chi connectivity index (χ4v) is 7.46. The Morgan fingerprint density at radius 2 is 2.03 bits per heavy atom. The van der Waals surface area contributed by atoms with Gasteiger partial charge in [-0.1, -0.05) is 27.4 Å². The van der Waals surface area contributed by atoms with Crippen LogP contribution in [0.4, 0.5) is 0 Å². The van der Waals surface area contributed by atoms with Crippen molar-refractivity contribution in [2.24, 2.45) is 17.3 Å². The minimum atomic E-state index is -0.861. The highest BCUT2D eigenvalue weighted by Crippen LogP contribution is 2.77. The van der Waals surface area contributed by atoms with Crippen LogP contribution in [0.3, 0.4) is 0 Å². The zero-order valence-corrected chi connectivity index (χ0v) is 17.9. The second-order valence-electron chi connectivity index (χ2n) is 10.3. The Kier molecular flexibility index (Phi) is 3.40. The molecule has 162 valence electrons. The van der Waals surface area contributed by atoms with Crippen molar-refractivity contribution in [2.45, 2.75) is 75.7 Å². The molecule has 0 N–H and O–H groups in total. The van der Waals surface area contributed by atoms with Crippen LogP contribution in [-0.4, -0.2) is 60.3 Å². The lowest BCUT2D eigenvalue weighted by Gasteiger charge is -2.60. The summed E-state index contributed by atoms with van der Waals surface area (Å²) in [5.41, 5.74) is -0.531. The van der Waals surface area contributed by atoms with E-state index in [-0.39, 0.29) is 35.4 Å².